The molecule has 0 saturated carbocycles. The van der Waals surface area contributed by atoms with Gasteiger partial charge in [0.1, 0.15) is 0 Å². The molecule has 0 aromatic heterocycles. The van der Waals surface area contributed by atoms with Gasteiger partial charge in [0.2, 0.25) is 0 Å². The second-order valence-corrected chi connectivity index (χ2v) is 3.77. The largest absolute Gasteiger partial charge is 0.143 e. The molecule has 0 aliphatic rings. The third-order valence-corrected chi connectivity index (χ3v) is 2.62. The summed E-state index contributed by atoms with van der Waals surface area (Å²) in [6, 6.07) is 6.36. The normalized spacial score (nSPS) is 10.2. The first-order chi connectivity index (χ1) is 5.74. The van der Waals surface area contributed by atoms with Crippen LogP contribution < -0.4 is 0 Å². The quantitative estimate of drug-likeness (QED) is 0.561. The number of aryl methyl sites for hydroxylation is 2. The van der Waals surface area contributed by atoms with Crippen molar-refractivity contribution in [3.05, 3.63) is 29.3 Å². The molecular weight excluding hydrogens is 188 g/mol. The van der Waals surface area contributed by atoms with Crippen LogP contribution in [0.3, 0.4) is 0 Å². The van der Waals surface area contributed by atoms with Crippen molar-refractivity contribution >= 4 is 24.2 Å². The van der Waals surface area contributed by atoms with E-state index in [0.717, 1.165) is 23.6 Å². The van der Waals surface area contributed by atoms with Gasteiger partial charge < -0.3 is 0 Å². The maximum Gasteiger partial charge on any atom is 0.0226 e. The van der Waals surface area contributed by atoms with E-state index in [1.54, 1.807) is 0 Å². The summed E-state index contributed by atoms with van der Waals surface area (Å²) >= 11 is 9.96. The molecule has 2 heteroatoms. The Balaban J connectivity index is 2.69. The number of halogens is 1. The Morgan fingerprint density at radius 2 is 2.17 bits per heavy atom. The van der Waals surface area contributed by atoms with E-state index < -0.39 is 0 Å². The topological polar surface area (TPSA) is 0 Å². The maximum atomic E-state index is 5.60. The van der Waals surface area contributed by atoms with Crippen LogP contribution in [0.4, 0.5) is 0 Å². The van der Waals surface area contributed by atoms with E-state index in [2.05, 4.69) is 37.8 Å². The van der Waals surface area contributed by atoms with E-state index in [4.69, 9.17) is 11.6 Å². The van der Waals surface area contributed by atoms with Gasteiger partial charge in [-0.05, 0) is 37.0 Å². The minimum absolute atomic E-state index is 0.732. The predicted octanol–water partition coefficient (Wildman–Crippen LogP) is 3.46. The van der Waals surface area contributed by atoms with Gasteiger partial charge in [-0.25, -0.2) is 0 Å². The fraction of sp³-hybridized carbons (Fsp3) is 0.400. The van der Waals surface area contributed by atoms with E-state index in [0.29, 0.717) is 0 Å². The highest BCUT2D eigenvalue weighted by Crippen LogP contribution is 2.15. The molecule has 0 nitrogen and oxygen atoms in total. The summed E-state index contributed by atoms with van der Waals surface area (Å²) in [4.78, 5) is 1.07. The van der Waals surface area contributed by atoms with Crippen LogP contribution in [-0.4, -0.2) is 5.88 Å². The van der Waals surface area contributed by atoms with Crippen molar-refractivity contribution in [2.45, 2.75) is 24.7 Å². The van der Waals surface area contributed by atoms with Crippen LogP contribution in [0.25, 0.3) is 0 Å². The lowest BCUT2D eigenvalue weighted by molar-refractivity contribution is 0.923. The van der Waals surface area contributed by atoms with Crippen LogP contribution in [-0.2, 0) is 6.42 Å². The zero-order valence-electron chi connectivity index (χ0n) is 7.18. The molecule has 0 aliphatic heterocycles. The summed E-state index contributed by atoms with van der Waals surface area (Å²) in [5, 5.41) is 0. The Morgan fingerprint density at radius 3 is 2.75 bits per heavy atom. The van der Waals surface area contributed by atoms with Crippen molar-refractivity contribution in [3.63, 3.8) is 0 Å². The van der Waals surface area contributed by atoms with Crippen LogP contribution >= 0.6 is 24.2 Å². The molecule has 0 N–H and O–H groups in total. The van der Waals surface area contributed by atoms with Gasteiger partial charge in [0.05, 0.1) is 0 Å². The highest BCUT2D eigenvalue weighted by Gasteiger charge is 1.96. The van der Waals surface area contributed by atoms with Gasteiger partial charge in [0.15, 0.2) is 0 Å². The fourth-order valence-electron chi connectivity index (χ4n) is 1.08. The monoisotopic (exact) mass is 200 g/mol. The van der Waals surface area contributed by atoms with Gasteiger partial charge in [0.25, 0.3) is 0 Å². The van der Waals surface area contributed by atoms with Crippen LogP contribution in [0.1, 0.15) is 17.5 Å². The minimum Gasteiger partial charge on any atom is -0.143 e. The second kappa shape index (κ2) is 4.78. The molecule has 1 aromatic carbocycles. The highest BCUT2D eigenvalue weighted by molar-refractivity contribution is 7.80. The molecule has 0 aliphatic carbocycles. The van der Waals surface area contributed by atoms with Crippen LogP contribution in [0.15, 0.2) is 23.1 Å². The second-order valence-electron chi connectivity index (χ2n) is 2.91. The van der Waals surface area contributed by atoms with E-state index in [1.165, 1.54) is 11.1 Å². The lowest BCUT2D eigenvalue weighted by atomic mass is 10.1. The molecule has 0 fully saturated rings. The third kappa shape index (κ3) is 2.72. The first kappa shape index (κ1) is 9.94. The van der Waals surface area contributed by atoms with E-state index in [9.17, 15) is 0 Å². The summed E-state index contributed by atoms with van der Waals surface area (Å²) in [7, 11) is 0. The highest BCUT2D eigenvalue weighted by atomic mass is 35.5. The molecule has 1 aromatic rings. The van der Waals surface area contributed by atoms with E-state index in [1.807, 2.05) is 0 Å². The fourth-order valence-corrected chi connectivity index (χ4v) is 1.46. The van der Waals surface area contributed by atoms with Crippen molar-refractivity contribution in [1.29, 1.82) is 0 Å². The number of hydrogen-bond acceptors (Lipinski definition) is 1. The molecule has 66 valence electrons. The predicted molar refractivity (Wildman–Crippen MR) is 57.5 cm³/mol. The first-order valence-electron chi connectivity index (χ1n) is 4.08. The Labute approximate surface area is 84.3 Å². The molecule has 0 bridgehead atoms. The minimum atomic E-state index is 0.732. The Hall–Kier alpha value is -0.140. The summed E-state index contributed by atoms with van der Waals surface area (Å²) in [6.07, 6.45) is 2.09. The smallest absolute Gasteiger partial charge is 0.0226 e. The van der Waals surface area contributed by atoms with Gasteiger partial charge in [-0.2, -0.15) is 0 Å². The van der Waals surface area contributed by atoms with Crippen molar-refractivity contribution in [1.82, 2.24) is 0 Å². The van der Waals surface area contributed by atoms with Gasteiger partial charge in [-0.3, -0.25) is 0 Å². The van der Waals surface area contributed by atoms with Crippen molar-refractivity contribution in [2.24, 2.45) is 0 Å². The average molecular weight is 201 g/mol. The number of thiol groups is 1. The average Bonchev–Trinajstić information content (AvgIpc) is 2.07. The van der Waals surface area contributed by atoms with E-state index in [-0.39, 0.29) is 0 Å². The number of hydrogen-bond donors (Lipinski definition) is 1. The standard InChI is InChI=1S/C10H13ClS/c1-8-4-5-9(3-2-6-11)7-10(8)12/h4-5,7,12H,2-3,6H2,1H3. The summed E-state index contributed by atoms with van der Waals surface area (Å²) in [5.74, 6) is 0.732. The SMILES string of the molecule is Cc1ccc(CCCCl)cc1S. The Morgan fingerprint density at radius 1 is 1.42 bits per heavy atom. The zero-order valence-corrected chi connectivity index (χ0v) is 8.83. The van der Waals surface area contributed by atoms with Crippen LogP contribution in [0, 0.1) is 6.92 Å². The lowest BCUT2D eigenvalue weighted by Gasteiger charge is -2.02. The zero-order chi connectivity index (χ0) is 8.97. The van der Waals surface area contributed by atoms with Gasteiger partial charge in [-0.1, -0.05) is 12.1 Å². The van der Waals surface area contributed by atoms with Gasteiger partial charge in [-0.15, -0.1) is 24.2 Å². The van der Waals surface area contributed by atoms with Crippen molar-refractivity contribution in [2.75, 3.05) is 5.88 Å². The van der Waals surface area contributed by atoms with Gasteiger partial charge in [0, 0.05) is 10.8 Å². The molecular formula is C10H13ClS. The van der Waals surface area contributed by atoms with Crippen LogP contribution in [0.5, 0.6) is 0 Å². The molecule has 0 amide bonds. The Bertz CT molecular complexity index is 258. The maximum absolute atomic E-state index is 5.60. The molecule has 0 heterocycles. The molecule has 12 heavy (non-hydrogen) atoms. The summed E-state index contributed by atoms with van der Waals surface area (Å²) < 4.78 is 0. The third-order valence-electron chi connectivity index (χ3n) is 1.87. The van der Waals surface area contributed by atoms with Crippen molar-refractivity contribution in [3.8, 4) is 0 Å². The molecule has 0 atom stereocenters. The number of alkyl halides is 1. The lowest BCUT2D eigenvalue weighted by Crippen LogP contribution is -1.87. The Kier molecular flexibility index (Phi) is 3.96. The van der Waals surface area contributed by atoms with E-state index >= 15 is 0 Å². The molecule has 0 unspecified atom stereocenters. The van der Waals surface area contributed by atoms with Crippen LogP contribution in [0.2, 0.25) is 0 Å². The number of rotatable bonds is 3. The summed E-state index contributed by atoms with van der Waals surface area (Å²) in [5.41, 5.74) is 2.55. The molecule has 0 saturated heterocycles. The molecule has 0 radical (unpaired) electrons. The van der Waals surface area contributed by atoms with Gasteiger partial charge >= 0.3 is 0 Å². The van der Waals surface area contributed by atoms with Crippen molar-refractivity contribution < 1.29 is 0 Å². The number of benzene rings is 1. The summed E-state index contributed by atoms with van der Waals surface area (Å²) in [6.45, 7) is 2.06. The molecule has 1 rings (SSSR count). The first-order valence-corrected chi connectivity index (χ1v) is 5.06. The molecule has 0 spiro atoms.